The molecule has 1 amide bonds. The van der Waals surface area contributed by atoms with Gasteiger partial charge >= 0.3 is 6.09 Å². The van der Waals surface area contributed by atoms with E-state index in [-0.39, 0.29) is 36.9 Å². The maximum absolute atomic E-state index is 12.1. The average Bonchev–Trinajstić information content (AvgIpc) is 2.65. The molecular weight excluding hydrogens is 382 g/mol. The second kappa shape index (κ2) is 9.18. The Morgan fingerprint density at radius 2 is 1.71 bits per heavy atom. The van der Waals surface area contributed by atoms with Crippen LogP contribution in [0.25, 0.3) is 0 Å². The van der Waals surface area contributed by atoms with Crippen molar-refractivity contribution in [2.24, 2.45) is 0 Å². The van der Waals surface area contributed by atoms with Crippen molar-refractivity contribution >= 4 is 16.2 Å². The Morgan fingerprint density at radius 3 is 2.39 bits per heavy atom. The maximum Gasteiger partial charge on any atom is 0.410 e. The van der Waals surface area contributed by atoms with Gasteiger partial charge in [-0.1, -0.05) is 48.0 Å². The summed E-state index contributed by atoms with van der Waals surface area (Å²) in [6.07, 6.45) is -0.531. The minimum atomic E-state index is -3.79. The molecule has 2 aromatic rings. The summed E-state index contributed by atoms with van der Waals surface area (Å²) in [6, 6.07) is 15.9. The third-order valence-corrected chi connectivity index (χ3v) is 5.62. The smallest absolute Gasteiger partial charge is 0.410 e. The van der Waals surface area contributed by atoms with E-state index in [2.05, 4.69) is 0 Å². The number of aryl methyl sites for hydroxylation is 1. The van der Waals surface area contributed by atoms with Gasteiger partial charge in [0.2, 0.25) is 0 Å². The number of nitrogens with zero attached hydrogens (tertiary/aromatic N) is 1. The van der Waals surface area contributed by atoms with E-state index < -0.39 is 10.1 Å². The molecule has 8 heteroatoms. The van der Waals surface area contributed by atoms with E-state index >= 15 is 0 Å². The fourth-order valence-corrected chi connectivity index (χ4v) is 3.53. The number of hydrogen-bond acceptors (Lipinski definition) is 6. The SMILES string of the molecule is Cc1ccc(S(=O)(=O)OCCOC2CN(C(=O)OCc3ccccc3)C2)cc1. The first kappa shape index (κ1) is 20.3. The number of amides is 1. The third kappa shape index (κ3) is 5.54. The summed E-state index contributed by atoms with van der Waals surface area (Å²) in [5.74, 6) is 0. The van der Waals surface area contributed by atoms with Crippen LogP contribution in [-0.4, -0.2) is 51.8 Å². The topological polar surface area (TPSA) is 82.1 Å². The second-order valence-corrected chi connectivity index (χ2v) is 8.14. The lowest BCUT2D eigenvalue weighted by Crippen LogP contribution is -2.55. The van der Waals surface area contributed by atoms with Crippen molar-refractivity contribution < 1.29 is 26.9 Å². The Hall–Kier alpha value is -2.42. The second-order valence-electron chi connectivity index (χ2n) is 6.53. The summed E-state index contributed by atoms with van der Waals surface area (Å²) >= 11 is 0. The number of rotatable bonds is 8. The predicted octanol–water partition coefficient (Wildman–Crippen LogP) is 2.74. The molecule has 0 N–H and O–H groups in total. The van der Waals surface area contributed by atoms with Crippen molar-refractivity contribution in [3.8, 4) is 0 Å². The van der Waals surface area contributed by atoms with Gasteiger partial charge in [0.1, 0.15) is 6.61 Å². The van der Waals surface area contributed by atoms with E-state index in [9.17, 15) is 13.2 Å². The molecule has 7 nitrogen and oxygen atoms in total. The van der Waals surface area contributed by atoms with Crippen LogP contribution in [0.1, 0.15) is 11.1 Å². The van der Waals surface area contributed by atoms with Crippen LogP contribution in [0, 0.1) is 6.92 Å². The van der Waals surface area contributed by atoms with Crippen molar-refractivity contribution in [2.75, 3.05) is 26.3 Å². The Morgan fingerprint density at radius 1 is 1.04 bits per heavy atom. The highest BCUT2D eigenvalue weighted by Crippen LogP contribution is 2.16. The summed E-state index contributed by atoms with van der Waals surface area (Å²) in [4.78, 5) is 13.6. The van der Waals surface area contributed by atoms with E-state index in [1.54, 1.807) is 12.1 Å². The average molecular weight is 405 g/mol. The molecule has 0 atom stereocenters. The number of carbonyl (C=O) groups is 1. The maximum atomic E-state index is 12.1. The first-order valence-corrected chi connectivity index (χ1v) is 10.4. The summed E-state index contributed by atoms with van der Waals surface area (Å²) < 4.78 is 39.9. The minimum Gasteiger partial charge on any atom is -0.445 e. The molecule has 0 aromatic heterocycles. The normalized spacial score (nSPS) is 14.5. The minimum absolute atomic E-state index is 0.0782. The Bertz CT molecular complexity index is 877. The van der Waals surface area contributed by atoms with Crippen LogP contribution in [0.5, 0.6) is 0 Å². The van der Waals surface area contributed by atoms with Crippen molar-refractivity contribution in [1.29, 1.82) is 0 Å². The van der Waals surface area contributed by atoms with Gasteiger partial charge in [0.05, 0.1) is 37.3 Å². The van der Waals surface area contributed by atoms with Gasteiger partial charge < -0.3 is 14.4 Å². The van der Waals surface area contributed by atoms with E-state index in [4.69, 9.17) is 13.7 Å². The zero-order chi connectivity index (χ0) is 20.0. The lowest BCUT2D eigenvalue weighted by Gasteiger charge is -2.37. The molecule has 0 aliphatic carbocycles. The molecule has 1 saturated heterocycles. The van der Waals surface area contributed by atoms with Crippen LogP contribution >= 0.6 is 0 Å². The van der Waals surface area contributed by atoms with Gasteiger partial charge in [0.15, 0.2) is 0 Å². The number of ether oxygens (including phenoxy) is 2. The summed E-state index contributed by atoms with van der Waals surface area (Å²) in [7, 11) is -3.79. The van der Waals surface area contributed by atoms with E-state index in [0.717, 1.165) is 11.1 Å². The fourth-order valence-electron chi connectivity index (χ4n) is 2.63. The van der Waals surface area contributed by atoms with Crippen LogP contribution < -0.4 is 0 Å². The van der Waals surface area contributed by atoms with Gasteiger partial charge in [0.25, 0.3) is 10.1 Å². The number of carbonyl (C=O) groups excluding carboxylic acids is 1. The van der Waals surface area contributed by atoms with E-state index in [1.165, 1.54) is 17.0 Å². The zero-order valence-corrected chi connectivity index (χ0v) is 16.4. The van der Waals surface area contributed by atoms with Gasteiger partial charge in [-0.3, -0.25) is 4.18 Å². The number of hydrogen-bond donors (Lipinski definition) is 0. The predicted molar refractivity (Wildman–Crippen MR) is 102 cm³/mol. The molecule has 0 unspecified atom stereocenters. The molecule has 0 radical (unpaired) electrons. The van der Waals surface area contributed by atoms with Crippen LogP contribution in [0.15, 0.2) is 59.5 Å². The Labute approximate surface area is 164 Å². The first-order valence-electron chi connectivity index (χ1n) is 8.97. The Balaban J connectivity index is 1.31. The molecule has 0 spiro atoms. The van der Waals surface area contributed by atoms with Crippen LogP contribution in [0.3, 0.4) is 0 Å². The molecule has 1 aliphatic rings. The van der Waals surface area contributed by atoms with Crippen LogP contribution in [-0.2, 0) is 30.4 Å². The van der Waals surface area contributed by atoms with Gasteiger partial charge in [0, 0.05) is 0 Å². The lowest BCUT2D eigenvalue weighted by molar-refractivity contribution is -0.0567. The van der Waals surface area contributed by atoms with Crippen molar-refractivity contribution in [3.05, 3.63) is 65.7 Å². The van der Waals surface area contributed by atoms with Crippen LogP contribution in [0.2, 0.25) is 0 Å². The van der Waals surface area contributed by atoms with Gasteiger partial charge in [-0.05, 0) is 24.6 Å². The highest BCUT2D eigenvalue weighted by Gasteiger charge is 2.32. The van der Waals surface area contributed by atoms with Crippen molar-refractivity contribution in [1.82, 2.24) is 4.90 Å². The van der Waals surface area contributed by atoms with Gasteiger partial charge in [-0.2, -0.15) is 8.42 Å². The molecule has 1 aliphatic heterocycles. The first-order chi connectivity index (χ1) is 13.4. The lowest BCUT2D eigenvalue weighted by atomic mass is 10.2. The highest BCUT2D eigenvalue weighted by molar-refractivity contribution is 7.86. The standard InChI is InChI=1S/C20H23NO6S/c1-16-7-9-19(10-8-16)28(23,24)27-12-11-25-18-13-21(14-18)20(22)26-15-17-5-3-2-4-6-17/h2-10,18H,11-15H2,1H3. The molecular formula is C20H23NO6S. The summed E-state index contributed by atoms with van der Waals surface area (Å²) in [5.41, 5.74) is 1.90. The van der Waals surface area contributed by atoms with Gasteiger partial charge in [-0.25, -0.2) is 4.79 Å². The quantitative estimate of drug-likeness (QED) is 0.496. The molecule has 28 heavy (non-hydrogen) atoms. The molecule has 1 heterocycles. The summed E-state index contributed by atoms with van der Waals surface area (Å²) in [5, 5.41) is 0. The van der Waals surface area contributed by atoms with Crippen molar-refractivity contribution in [2.45, 2.75) is 24.5 Å². The monoisotopic (exact) mass is 405 g/mol. The zero-order valence-electron chi connectivity index (χ0n) is 15.6. The van der Waals surface area contributed by atoms with Crippen molar-refractivity contribution in [3.63, 3.8) is 0 Å². The van der Waals surface area contributed by atoms with E-state index in [0.29, 0.717) is 13.1 Å². The van der Waals surface area contributed by atoms with Gasteiger partial charge in [-0.15, -0.1) is 0 Å². The van der Waals surface area contributed by atoms with Crippen LogP contribution in [0.4, 0.5) is 4.79 Å². The summed E-state index contributed by atoms with van der Waals surface area (Å²) in [6.45, 7) is 2.99. The third-order valence-electron chi connectivity index (χ3n) is 4.30. The number of likely N-dealkylation sites (tertiary alicyclic amines) is 1. The number of benzene rings is 2. The highest BCUT2D eigenvalue weighted by atomic mass is 32.2. The molecule has 1 fully saturated rings. The fraction of sp³-hybridized carbons (Fsp3) is 0.350. The molecule has 0 bridgehead atoms. The van der Waals surface area contributed by atoms with E-state index in [1.807, 2.05) is 37.3 Å². The molecule has 3 rings (SSSR count). The largest absolute Gasteiger partial charge is 0.445 e. The molecule has 2 aromatic carbocycles. The molecule has 150 valence electrons. The molecule has 0 saturated carbocycles. The Kier molecular flexibility index (Phi) is 6.66.